The minimum absolute atomic E-state index is 0.0660. The molecule has 0 radical (unpaired) electrons. The topological polar surface area (TPSA) is 26.3 Å². The van der Waals surface area contributed by atoms with Gasteiger partial charge < -0.3 is 0 Å². The van der Waals surface area contributed by atoms with Gasteiger partial charge in [-0.15, -0.1) is 0 Å². The molecule has 0 saturated heterocycles. The summed E-state index contributed by atoms with van der Waals surface area (Å²) in [5.74, 6) is -0.115. The van der Waals surface area contributed by atoms with Crippen molar-refractivity contribution in [2.24, 2.45) is 0 Å². The van der Waals surface area contributed by atoms with Crippen molar-refractivity contribution in [1.82, 2.24) is 0 Å². The fourth-order valence-corrected chi connectivity index (χ4v) is 11.7. The van der Waals surface area contributed by atoms with Crippen LogP contribution in [0.5, 0.6) is 0 Å². The van der Waals surface area contributed by atoms with Crippen LogP contribution in [0.2, 0.25) is 0 Å². The van der Waals surface area contributed by atoms with Gasteiger partial charge in [-0.05, 0) is 0 Å². The number of hydrogen-bond donors (Lipinski definition) is 0. The van der Waals surface area contributed by atoms with E-state index in [0.29, 0.717) is 6.42 Å². The van der Waals surface area contributed by atoms with Crippen molar-refractivity contribution in [2.75, 3.05) is 0 Å². The van der Waals surface area contributed by atoms with Crippen LogP contribution in [0.3, 0.4) is 0 Å². The van der Waals surface area contributed by atoms with Crippen LogP contribution in [0.15, 0.2) is 91.0 Å². The summed E-state index contributed by atoms with van der Waals surface area (Å²) in [5, 5.41) is 4.11. The molecule has 0 fully saturated rings. The Morgan fingerprint density at radius 3 is 1.57 bits per heavy atom. The fraction of sp³-hybridized carbons (Fsp3) is 0.269. The van der Waals surface area contributed by atoms with E-state index in [1.54, 1.807) is 0 Å². The van der Waals surface area contributed by atoms with Crippen LogP contribution >= 0.6 is 23.2 Å². The predicted molar refractivity (Wildman–Crippen MR) is 134 cm³/mol. The molecule has 0 saturated carbocycles. The normalized spacial score (nSPS) is 13.1. The number of ether oxygens (including phenoxy) is 1. The molecule has 0 aliphatic carbocycles. The maximum absolute atomic E-state index is 12.1. The second-order valence-corrected chi connectivity index (χ2v) is 13.8. The van der Waals surface area contributed by atoms with E-state index in [2.05, 4.69) is 107 Å². The molecule has 3 aromatic carbocycles. The first kappa shape index (κ1) is 22.7. The zero-order valence-corrected chi connectivity index (χ0v) is 20.2. The molecule has 0 N–H and O–H groups in total. The van der Waals surface area contributed by atoms with Crippen LogP contribution < -0.4 is 15.9 Å². The molecule has 0 aliphatic heterocycles. The van der Waals surface area contributed by atoms with Crippen molar-refractivity contribution in [3.05, 3.63) is 91.0 Å². The van der Waals surface area contributed by atoms with Gasteiger partial charge in [-0.25, -0.2) is 0 Å². The number of carbonyl (C=O) groups excluding carboxylic acids is 1. The molecule has 2 nitrogen and oxygen atoms in total. The van der Waals surface area contributed by atoms with Gasteiger partial charge in [0.15, 0.2) is 0 Å². The van der Waals surface area contributed by atoms with E-state index >= 15 is 0 Å². The minimum atomic E-state index is -2.37. The maximum atomic E-state index is 12.1. The molecule has 0 spiro atoms. The van der Waals surface area contributed by atoms with Gasteiger partial charge in [0.05, 0.1) is 0 Å². The van der Waals surface area contributed by atoms with E-state index in [1.807, 2.05) is 13.8 Å². The average molecular weight is 485 g/mol. The molecule has 0 amide bonds. The first-order chi connectivity index (χ1) is 14.5. The summed E-state index contributed by atoms with van der Waals surface area (Å²) in [6.45, 7) is 3.78. The predicted octanol–water partition coefficient (Wildman–Crippen LogP) is 5.56. The monoisotopic (exact) mass is 484 g/mol. The third-order valence-corrected chi connectivity index (χ3v) is 12.8. The molecule has 1 atom stereocenters. The Balaban J connectivity index is 2.02. The van der Waals surface area contributed by atoms with E-state index < -0.39 is 7.26 Å². The van der Waals surface area contributed by atoms with Crippen molar-refractivity contribution in [1.29, 1.82) is 0 Å². The standard InChI is InChI=1S/C26H30BrO2P/c1-21(2)29-26(28)20-12-19-25(27)30(22-13-6-3-7-14-22,23-15-8-4-9-16-23)24-17-10-5-11-18-24/h3-11,13-18,21,25,30H,12,19-20H2,1-2H3. The molecule has 0 aliphatic rings. The van der Waals surface area contributed by atoms with Crippen LogP contribution in [-0.2, 0) is 9.53 Å². The fourth-order valence-electron chi connectivity index (χ4n) is 4.11. The number of hydrogen-bond acceptors (Lipinski definition) is 2. The number of esters is 1. The molecule has 0 heterocycles. The molecule has 4 heteroatoms. The summed E-state index contributed by atoms with van der Waals surface area (Å²) < 4.78 is 5.57. The summed E-state index contributed by atoms with van der Waals surface area (Å²) >= 11 is 4.12. The van der Waals surface area contributed by atoms with Crippen LogP contribution in [0.1, 0.15) is 33.1 Å². The van der Waals surface area contributed by atoms with Gasteiger partial charge in [0.2, 0.25) is 0 Å². The SMILES string of the molecule is CC(C)OC(=O)CCCC(Br)[PH](c1ccccc1)(c1ccccc1)c1ccccc1. The Morgan fingerprint density at radius 1 is 0.800 bits per heavy atom. The summed E-state index contributed by atoms with van der Waals surface area (Å²) in [5.41, 5.74) is 0. The first-order valence-corrected chi connectivity index (χ1v) is 13.5. The number of carbonyl (C=O) groups is 1. The summed E-state index contributed by atoms with van der Waals surface area (Å²) in [7, 11) is -2.37. The third kappa shape index (κ3) is 5.20. The van der Waals surface area contributed by atoms with Gasteiger partial charge in [-0.2, -0.15) is 0 Å². The molecule has 30 heavy (non-hydrogen) atoms. The van der Waals surface area contributed by atoms with Gasteiger partial charge in [-0.3, -0.25) is 0 Å². The average Bonchev–Trinajstić information content (AvgIpc) is 2.76. The molecule has 0 bridgehead atoms. The zero-order chi connectivity index (χ0) is 21.4. The van der Waals surface area contributed by atoms with Crippen molar-refractivity contribution >= 4 is 45.1 Å². The van der Waals surface area contributed by atoms with E-state index in [0.717, 1.165) is 12.8 Å². The van der Waals surface area contributed by atoms with Crippen LogP contribution in [0.25, 0.3) is 0 Å². The first-order valence-electron chi connectivity index (χ1n) is 10.5. The number of rotatable bonds is 9. The Kier molecular flexibility index (Phi) is 8.24. The van der Waals surface area contributed by atoms with Crippen molar-refractivity contribution in [2.45, 2.75) is 43.8 Å². The third-order valence-electron chi connectivity index (χ3n) is 5.36. The Labute approximate surface area is 189 Å². The van der Waals surface area contributed by atoms with E-state index in [-0.39, 0.29) is 16.6 Å². The van der Waals surface area contributed by atoms with Crippen LogP contribution in [0.4, 0.5) is 0 Å². The summed E-state index contributed by atoms with van der Waals surface area (Å²) in [6, 6.07) is 32.5. The van der Waals surface area contributed by atoms with E-state index in [4.69, 9.17) is 4.74 Å². The van der Waals surface area contributed by atoms with Gasteiger partial charge in [0.25, 0.3) is 0 Å². The van der Waals surface area contributed by atoms with E-state index in [1.165, 1.54) is 15.9 Å². The summed E-state index contributed by atoms with van der Waals surface area (Å²) in [4.78, 5) is 12.1. The Bertz CT molecular complexity index is 817. The second kappa shape index (κ2) is 10.9. The van der Waals surface area contributed by atoms with Gasteiger partial charge in [0.1, 0.15) is 0 Å². The van der Waals surface area contributed by atoms with E-state index in [9.17, 15) is 4.79 Å². The molecule has 3 rings (SSSR count). The van der Waals surface area contributed by atoms with Crippen molar-refractivity contribution < 1.29 is 9.53 Å². The molecule has 3 aromatic rings. The second-order valence-electron chi connectivity index (χ2n) is 7.80. The Morgan fingerprint density at radius 2 is 1.20 bits per heavy atom. The van der Waals surface area contributed by atoms with Crippen molar-refractivity contribution in [3.63, 3.8) is 0 Å². The van der Waals surface area contributed by atoms with Crippen LogP contribution in [-0.4, -0.2) is 16.6 Å². The molecule has 1 unspecified atom stereocenters. The molecule has 158 valence electrons. The molecular formula is C26H30BrO2P. The molecule has 0 aromatic heterocycles. The van der Waals surface area contributed by atoms with Gasteiger partial charge in [-0.1, -0.05) is 0 Å². The number of halogens is 1. The quantitative estimate of drug-likeness (QED) is 0.226. The van der Waals surface area contributed by atoms with Gasteiger partial charge in [0, 0.05) is 0 Å². The zero-order valence-electron chi connectivity index (χ0n) is 17.6. The number of alkyl halides is 1. The Hall–Kier alpha value is -1.96. The molecular weight excluding hydrogens is 455 g/mol. The summed E-state index contributed by atoms with van der Waals surface area (Å²) in [6.07, 6.45) is 2.08. The number of benzene rings is 3. The van der Waals surface area contributed by atoms with Crippen LogP contribution in [0, 0.1) is 0 Å². The van der Waals surface area contributed by atoms with Crippen molar-refractivity contribution in [3.8, 4) is 0 Å². The van der Waals surface area contributed by atoms with Gasteiger partial charge >= 0.3 is 189 Å².